The second-order valence-electron chi connectivity index (χ2n) is 4.54. The molecule has 112 valence electrons. The van der Waals surface area contributed by atoms with Crippen molar-refractivity contribution in [2.75, 3.05) is 6.61 Å². The number of hydrogen-bond donors (Lipinski definition) is 1. The molecule has 0 unspecified atom stereocenters. The van der Waals surface area contributed by atoms with Crippen LogP contribution in [0.2, 0.25) is 0 Å². The average Bonchev–Trinajstić information content (AvgIpc) is 2.39. The third-order valence-electron chi connectivity index (χ3n) is 2.41. The number of benzene rings is 1. The highest BCUT2D eigenvalue weighted by Gasteiger charge is 2.12. The van der Waals surface area contributed by atoms with Gasteiger partial charge in [-0.2, -0.15) is 5.26 Å². The van der Waals surface area contributed by atoms with Crippen LogP contribution in [0, 0.1) is 11.3 Å². The van der Waals surface area contributed by atoms with Gasteiger partial charge in [0.25, 0.3) is 5.91 Å². The van der Waals surface area contributed by atoms with Crippen molar-refractivity contribution in [3.8, 4) is 11.8 Å². The Morgan fingerprint density at radius 2 is 2.00 bits per heavy atom. The first kappa shape index (κ1) is 17.7. The molecule has 21 heavy (non-hydrogen) atoms. The highest BCUT2D eigenvalue weighted by atomic mass is 79.9. The summed E-state index contributed by atoms with van der Waals surface area (Å²) in [4.78, 5) is 11.9. The summed E-state index contributed by atoms with van der Waals surface area (Å²) >= 11 is 6.84. The molecule has 0 aliphatic carbocycles. The number of ether oxygens (including phenoxy) is 1. The molecular weight excluding hydrogens is 400 g/mol. The minimum Gasteiger partial charge on any atom is -0.492 e. The van der Waals surface area contributed by atoms with Crippen molar-refractivity contribution in [3.05, 3.63) is 32.2 Å². The molecule has 0 saturated heterocycles. The molecule has 1 amide bonds. The molecule has 0 spiro atoms. The van der Waals surface area contributed by atoms with Crippen molar-refractivity contribution < 1.29 is 9.53 Å². The molecule has 1 rings (SSSR count). The molecule has 1 aromatic carbocycles. The van der Waals surface area contributed by atoms with Crippen LogP contribution in [0.1, 0.15) is 26.3 Å². The van der Waals surface area contributed by atoms with Gasteiger partial charge in [0.1, 0.15) is 17.4 Å². The number of carbonyl (C=O) groups is 1. The zero-order valence-corrected chi connectivity index (χ0v) is 15.2. The molecule has 0 atom stereocenters. The van der Waals surface area contributed by atoms with Crippen LogP contribution < -0.4 is 10.1 Å². The Kier molecular flexibility index (Phi) is 6.93. The zero-order valence-electron chi connectivity index (χ0n) is 12.0. The maximum atomic E-state index is 11.9. The molecule has 4 nitrogen and oxygen atoms in total. The molecule has 0 aromatic heterocycles. The summed E-state index contributed by atoms with van der Waals surface area (Å²) in [6.07, 6.45) is 1.54. The second kappa shape index (κ2) is 8.20. The lowest BCUT2D eigenvalue weighted by molar-refractivity contribution is -0.117. The summed E-state index contributed by atoms with van der Waals surface area (Å²) in [6, 6.07) is 5.50. The van der Waals surface area contributed by atoms with Gasteiger partial charge in [-0.3, -0.25) is 4.79 Å². The Hall–Kier alpha value is -1.32. The lowest BCUT2D eigenvalue weighted by Crippen LogP contribution is -2.30. The fourth-order valence-electron chi connectivity index (χ4n) is 1.60. The van der Waals surface area contributed by atoms with Crippen LogP contribution in [0.4, 0.5) is 0 Å². The van der Waals surface area contributed by atoms with Gasteiger partial charge in [-0.05, 0) is 76.4 Å². The summed E-state index contributed by atoms with van der Waals surface area (Å²) in [6.45, 7) is 6.14. The van der Waals surface area contributed by atoms with E-state index in [1.165, 1.54) is 0 Å². The van der Waals surface area contributed by atoms with Crippen molar-refractivity contribution in [1.82, 2.24) is 5.32 Å². The molecule has 0 aliphatic heterocycles. The monoisotopic (exact) mass is 414 g/mol. The van der Waals surface area contributed by atoms with E-state index in [9.17, 15) is 4.79 Å². The normalized spacial score (nSPS) is 11.2. The molecule has 0 saturated carbocycles. The van der Waals surface area contributed by atoms with Gasteiger partial charge in [0.2, 0.25) is 0 Å². The van der Waals surface area contributed by atoms with E-state index in [0.717, 1.165) is 14.5 Å². The van der Waals surface area contributed by atoms with E-state index >= 15 is 0 Å². The van der Waals surface area contributed by atoms with Crippen LogP contribution in [0.15, 0.2) is 26.7 Å². The summed E-state index contributed by atoms with van der Waals surface area (Å²) in [5, 5.41) is 11.8. The van der Waals surface area contributed by atoms with E-state index in [1.807, 2.05) is 26.8 Å². The van der Waals surface area contributed by atoms with Crippen LogP contribution in [0.3, 0.4) is 0 Å². The Labute approximate surface area is 141 Å². The van der Waals surface area contributed by atoms with Crippen LogP contribution in [-0.2, 0) is 4.79 Å². The van der Waals surface area contributed by atoms with Crippen LogP contribution in [-0.4, -0.2) is 18.6 Å². The number of halogens is 2. The number of hydrogen-bond acceptors (Lipinski definition) is 3. The fourth-order valence-corrected chi connectivity index (χ4v) is 3.05. The predicted octanol–water partition coefficient (Wildman–Crippen LogP) is 4.04. The van der Waals surface area contributed by atoms with E-state index in [2.05, 4.69) is 37.2 Å². The molecule has 0 heterocycles. The fraction of sp³-hybridized carbons (Fsp3) is 0.333. The van der Waals surface area contributed by atoms with Gasteiger partial charge in [0, 0.05) is 6.04 Å². The molecule has 6 heteroatoms. The Bertz CT molecular complexity index is 581. The molecule has 0 fully saturated rings. The van der Waals surface area contributed by atoms with E-state index in [-0.39, 0.29) is 17.5 Å². The SMILES string of the molecule is CCOc1c(Br)cc(/C=C(/C#N)C(=O)NC(C)C)cc1Br. The lowest BCUT2D eigenvalue weighted by Gasteiger charge is -2.10. The van der Waals surface area contributed by atoms with Gasteiger partial charge < -0.3 is 10.1 Å². The standard InChI is InChI=1S/C15H16Br2N2O2/c1-4-21-14-12(16)6-10(7-13(14)17)5-11(8-18)15(20)19-9(2)3/h5-7,9H,4H2,1-3H3,(H,19,20)/b11-5-. The van der Waals surface area contributed by atoms with Crippen molar-refractivity contribution in [2.24, 2.45) is 0 Å². The van der Waals surface area contributed by atoms with Crippen molar-refractivity contribution >= 4 is 43.8 Å². The first-order chi connectivity index (χ1) is 9.88. The molecule has 1 aromatic rings. The number of amides is 1. The van der Waals surface area contributed by atoms with Gasteiger partial charge in [-0.15, -0.1) is 0 Å². The van der Waals surface area contributed by atoms with Crippen LogP contribution in [0.5, 0.6) is 5.75 Å². The van der Waals surface area contributed by atoms with Crippen molar-refractivity contribution in [1.29, 1.82) is 5.26 Å². The third-order valence-corrected chi connectivity index (χ3v) is 3.58. The third kappa shape index (κ3) is 5.18. The number of rotatable bonds is 5. The average molecular weight is 416 g/mol. The maximum absolute atomic E-state index is 11.9. The smallest absolute Gasteiger partial charge is 0.262 e. The zero-order chi connectivity index (χ0) is 16.0. The Balaban J connectivity index is 3.13. The van der Waals surface area contributed by atoms with Crippen LogP contribution >= 0.6 is 31.9 Å². The predicted molar refractivity (Wildman–Crippen MR) is 89.9 cm³/mol. The van der Waals surface area contributed by atoms with E-state index in [1.54, 1.807) is 18.2 Å². The molecule has 0 radical (unpaired) electrons. The molecular formula is C15H16Br2N2O2. The lowest BCUT2D eigenvalue weighted by atomic mass is 10.1. The van der Waals surface area contributed by atoms with Gasteiger partial charge in [0.05, 0.1) is 15.6 Å². The number of carbonyl (C=O) groups excluding carboxylic acids is 1. The Morgan fingerprint density at radius 3 is 2.43 bits per heavy atom. The number of nitriles is 1. The largest absolute Gasteiger partial charge is 0.492 e. The molecule has 1 N–H and O–H groups in total. The minimum atomic E-state index is -0.381. The van der Waals surface area contributed by atoms with Crippen molar-refractivity contribution in [2.45, 2.75) is 26.8 Å². The summed E-state index contributed by atoms with van der Waals surface area (Å²) < 4.78 is 7.01. The van der Waals surface area contributed by atoms with Crippen LogP contribution in [0.25, 0.3) is 6.08 Å². The molecule has 0 bridgehead atoms. The number of nitrogens with one attached hydrogen (secondary N) is 1. The van der Waals surface area contributed by atoms with Gasteiger partial charge in [0.15, 0.2) is 0 Å². The highest BCUT2D eigenvalue weighted by molar-refractivity contribution is 9.11. The number of nitrogens with zero attached hydrogens (tertiary/aromatic N) is 1. The van der Waals surface area contributed by atoms with Crippen molar-refractivity contribution in [3.63, 3.8) is 0 Å². The van der Waals surface area contributed by atoms with Gasteiger partial charge in [-0.25, -0.2) is 0 Å². The topological polar surface area (TPSA) is 62.1 Å². The quantitative estimate of drug-likeness (QED) is 0.583. The highest BCUT2D eigenvalue weighted by Crippen LogP contribution is 2.35. The second-order valence-corrected chi connectivity index (χ2v) is 6.25. The summed E-state index contributed by atoms with van der Waals surface area (Å²) in [5.41, 5.74) is 0.791. The molecule has 0 aliphatic rings. The summed E-state index contributed by atoms with van der Waals surface area (Å²) in [7, 11) is 0. The van der Waals surface area contributed by atoms with E-state index in [4.69, 9.17) is 10.00 Å². The maximum Gasteiger partial charge on any atom is 0.262 e. The van der Waals surface area contributed by atoms with E-state index in [0.29, 0.717) is 12.4 Å². The Morgan fingerprint density at radius 1 is 1.43 bits per heavy atom. The first-order valence-corrected chi connectivity index (χ1v) is 8.02. The first-order valence-electron chi connectivity index (χ1n) is 6.43. The van der Waals surface area contributed by atoms with Gasteiger partial charge in [-0.1, -0.05) is 0 Å². The minimum absolute atomic E-state index is 0.0203. The van der Waals surface area contributed by atoms with E-state index < -0.39 is 0 Å². The van der Waals surface area contributed by atoms with Gasteiger partial charge >= 0.3 is 0 Å². The summed E-state index contributed by atoms with van der Waals surface area (Å²) in [5.74, 6) is 0.313.